The van der Waals surface area contributed by atoms with E-state index in [9.17, 15) is 8.42 Å². The van der Waals surface area contributed by atoms with E-state index in [-0.39, 0.29) is 5.75 Å². The number of nitrogens with zero attached hydrogens (tertiary/aromatic N) is 3. The summed E-state index contributed by atoms with van der Waals surface area (Å²) in [6.45, 7) is 5.09. The lowest BCUT2D eigenvalue weighted by atomic mass is 10.1. The van der Waals surface area contributed by atoms with E-state index in [0.29, 0.717) is 25.0 Å². The first-order valence-corrected chi connectivity index (χ1v) is 9.47. The Labute approximate surface area is 126 Å². The van der Waals surface area contributed by atoms with Crippen LogP contribution in [0.3, 0.4) is 0 Å². The fourth-order valence-corrected chi connectivity index (χ4v) is 3.00. The molecule has 0 aromatic carbocycles. The molecule has 0 amide bonds. The van der Waals surface area contributed by atoms with Gasteiger partial charge in [-0.1, -0.05) is 12.1 Å². The Morgan fingerprint density at radius 3 is 2.95 bits per heavy atom. The molecule has 120 valence electrons. The van der Waals surface area contributed by atoms with Crippen molar-refractivity contribution in [2.75, 3.05) is 31.6 Å². The maximum atomic E-state index is 11.1. The molecule has 1 N–H and O–H groups in total. The molecule has 1 saturated heterocycles. The van der Waals surface area contributed by atoms with Crippen LogP contribution in [-0.2, 0) is 22.8 Å². The molecule has 2 rings (SSSR count). The van der Waals surface area contributed by atoms with Gasteiger partial charge >= 0.3 is 0 Å². The van der Waals surface area contributed by atoms with Gasteiger partial charge in [0.15, 0.2) is 5.82 Å². The third-order valence-corrected chi connectivity index (χ3v) is 4.53. The van der Waals surface area contributed by atoms with Gasteiger partial charge < -0.3 is 9.84 Å². The Bertz CT molecular complexity index is 543. The molecule has 8 heteroatoms. The predicted molar refractivity (Wildman–Crippen MR) is 79.7 cm³/mol. The summed E-state index contributed by atoms with van der Waals surface area (Å²) in [5.74, 6) is 1.59. The molecule has 21 heavy (non-hydrogen) atoms. The zero-order valence-corrected chi connectivity index (χ0v) is 13.5. The lowest BCUT2D eigenvalue weighted by molar-refractivity contribution is 0.179. The maximum Gasteiger partial charge on any atom is 0.226 e. The highest BCUT2D eigenvalue weighted by atomic mass is 32.2. The molecule has 1 aliphatic rings. The van der Waals surface area contributed by atoms with Crippen LogP contribution < -0.4 is 5.32 Å². The van der Waals surface area contributed by atoms with E-state index in [2.05, 4.69) is 20.4 Å². The van der Waals surface area contributed by atoms with Crippen molar-refractivity contribution in [2.45, 2.75) is 38.8 Å². The highest BCUT2D eigenvalue weighted by molar-refractivity contribution is 7.90. The van der Waals surface area contributed by atoms with Crippen LogP contribution in [0.25, 0.3) is 0 Å². The zero-order chi connectivity index (χ0) is 15.3. The number of aromatic nitrogens is 2. The summed E-state index contributed by atoms with van der Waals surface area (Å²) in [5, 5.41) is 7.30. The molecular weight excluding hydrogens is 292 g/mol. The van der Waals surface area contributed by atoms with Crippen molar-refractivity contribution >= 4 is 9.84 Å². The van der Waals surface area contributed by atoms with E-state index in [1.54, 1.807) is 0 Å². The molecule has 0 bridgehead atoms. The fourth-order valence-electron chi connectivity index (χ4n) is 2.51. The van der Waals surface area contributed by atoms with Crippen LogP contribution in [0.4, 0.5) is 0 Å². The Morgan fingerprint density at radius 1 is 1.48 bits per heavy atom. The molecule has 0 unspecified atom stereocenters. The fraction of sp³-hybridized carbons (Fsp3) is 0.846. The average molecular weight is 316 g/mol. The van der Waals surface area contributed by atoms with Crippen molar-refractivity contribution in [1.29, 1.82) is 0 Å². The summed E-state index contributed by atoms with van der Waals surface area (Å²) in [4.78, 5) is 6.61. The van der Waals surface area contributed by atoms with Crippen LogP contribution >= 0.6 is 0 Å². The van der Waals surface area contributed by atoms with Crippen molar-refractivity contribution in [3.05, 3.63) is 11.7 Å². The van der Waals surface area contributed by atoms with Crippen LogP contribution in [-0.4, -0.2) is 61.1 Å². The van der Waals surface area contributed by atoms with Crippen LogP contribution in [0, 0.1) is 0 Å². The first kappa shape index (κ1) is 16.4. The van der Waals surface area contributed by atoms with Gasteiger partial charge in [-0.2, -0.15) is 4.98 Å². The number of nitrogens with one attached hydrogen (secondary N) is 1. The van der Waals surface area contributed by atoms with Crippen LogP contribution in [0.15, 0.2) is 4.52 Å². The highest BCUT2D eigenvalue weighted by Gasteiger charge is 2.21. The number of rotatable bonds is 7. The molecule has 0 saturated carbocycles. The van der Waals surface area contributed by atoms with Crippen LogP contribution in [0.5, 0.6) is 0 Å². The Hall–Kier alpha value is -0.990. The number of aryl methyl sites for hydroxylation is 1. The summed E-state index contributed by atoms with van der Waals surface area (Å²) in [7, 11) is -2.90. The second-order valence-electron chi connectivity index (χ2n) is 5.62. The maximum absolute atomic E-state index is 11.1. The van der Waals surface area contributed by atoms with Gasteiger partial charge in [-0.25, -0.2) is 8.42 Å². The van der Waals surface area contributed by atoms with E-state index in [0.717, 1.165) is 38.2 Å². The molecule has 2 heterocycles. The summed E-state index contributed by atoms with van der Waals surface area (Å²) in [5.41, 5.74) is 0. The summed E-state index contributed by atoms with van der Waals surface area (Å²) in [6.07, 6.45) is 4.19. The van der Waals surface area contributed by atoms with Gasteiger partial charge in [-0.05, 0) is 19.4 Å². The van der Waals surface area contributed by atoms with Gasteiger partial charge in [0.2, 0.25) is 5.89 Å². The molecule has 1 aliphatic heterocycles. The standard InChI is InChI=1S/C13H24N4O3S/c1-3-13-15-12(16-20-13)10-17-7-4-5-11(9-17)14-6-8-21(2,18)19/h11,14H,3-10H2,1-2H3/t11-/m0/s1. The third-order valence-electron chi connectivity index (χ3n) is 3.59. The summed E-state index contributed by atoms with van der Waals surface area (Å²) in [6, 6.07) is 0.332. The number of hydrogen-bond donors (Lipinski definition) is 1. The van der Waals surface area contributed by atoms with Gasteiger partial charge in [0.1, 0.15) is 9.84 Å². The average Bonchev–Trinajstić information content (AvgIpc) is 2.85. The minimum absolute atomic E-state index is 0.189. The van der Waals surface area contributed by atoms with Crippen molar-refractivity contribution in [1.82, 2.24) is 20.4 Å². The summed E-state index contributed by atoms with van der Waals surface area (Å²) >= 11 is 0. The molecule has 1 aromatic heterocycles. The molecule has 0 aliphatic carbocycles. The smallest absolute Gasteiger partial charge is 0.226 e. The first-order chi connectivity index (χ1) is 9.96. The molecule has 0 spiro atoms. The second kappa shape index (κ2) is 7.33. The van der Waals surface area contributed by atoms with E-state index >= 15 is 0 Å². The monoisotopic (exact) mass is 316 g/mol. The molecule has 1 atom stereocenters. The van der Waals surface area contributed by atoms with E-state index in [4.69, 9.17) is 4.52 Å². The van der Waals surface area contributed by atoms with Gasteiger partial charge in [-0.3, -0.25) is 4.90 Å². The largest absolute Gasteiger partial charge is 0.339 e. The van der Waals surface area contributed by atoms with E-state index < -0.39 is 9.84 Å². The SMILES string of the molecule is CCc1nc(CN2CCC[C@H](NCCS(C)(=O)=O)C2)no1. The Kier molecular flexibility index (Phi) is 5.72. The lowest BCUT2D eigenvalue weighted by Crippen LogP contribution is -2.46. The van der Waals surface area contributed by atoms with Gasteiger partial charge in [0, 0.05) is 31.8 Å². The van der Waals surface area contributed by atoms with Crippen molar-refractivity contribution < 1.29 is 12.9 Å². The number of sulfone groups is 1. The van der Waals surface area contributed by atoms with E-state index in [1.165, 1.54) is 6.26 Å². The first-order valence-electron chi connectivity index (χ1n) is 7.41. The van der Waals surface area contributed by atoms with Gasteiger partial charge in [0.25, 0.3) is 0 Å². The van der Waals surface area contributed by atoms with Gasteiger partial charge in [-0.15, -0.1) is 0 Å². The topological polar surface area (TPSA) is 88.3 Å². The van der Waals surface area contributed by atoms with Crippen molar-refractivity contribution in [2.24, 2.45) is 0 Å². The van der Waals surface area contributed by atoms with Crippen molar-refractivity contribution in [3.63, 3.8) is 0 Å². The lowest BCUT2D eigenvalue weighted by Gasteiger charge is -2.32. The summed E-state index contributed by atoms with van der Waals surface area (Å²) < 4.78 is 27.4. The van der Waals surface area contributed by atoms with Crippen LogP contribution in [0.1, 0.15) is 31.5 Å². The number of likely N-dealkylation sites (tertiary alicyclic amines) is 1. The minimum Gasteiger partial charge on any atom is -0.339 e. The number of piperidine rings is 1. The van der Waals surface area contributed by atoms with Crippen LogP contribution in [0.2, 0.25) is 0 Å². The third kappa shape index (κ3) is 5.72. The molecule has 0 radical (unpaired) electrons. The van der Waals surface area contributed by atoms with Gasteiger partial charge in [0.05, 0.1) is 12.3 Å². The van der Waals surface area contributed by atoms with Crippen molar-refractivity contribution in [3.8, 4) is 0 Å². The Balaban J connectivity index is 1.77. The molecule has 7 nitrogen and oxygen atoms in total. The minimum atomic E-state index is -2.90. The number of hydrogen-bond acceptors (Lipinski definition) is 7. The Morgan fingerprint density at radius 2 is 2.29 bits per heavy atom. The predicted octanol–water partition coefficient (Wildman–Crippen LogP) is 0.231. The normalized spacial score (nSPS) is 20.8. The highest BCUT2D eigenvalue weighted by Crippen LogP contribution is 2.12. The quantitative estimate of drug-likeness (QED) is 0.770. The molecule has 1 fully saturated rings. The zero-order valence-electron chi connectivity index (χ0n) is 12.7. The molecular formula is C13H24N4O3S. The van der Waals surface area contributed by atoms with E-state index in [1.807, 2.05) is 6.92 Å². The molecule has 1 aromatic rings. The second-order valence-corrected chi connectivity index (χ2v) is 7.88.